The molecular formula is C21H19N3O2. The highest BCUT2D eigenvalue weighted by atomic mass is 16.6. The van der Waals surface area contributed by atoms with Gasteiger partial charge in [-0.05, 0) is 36.2 Å². The topological polar surface area (TPSA) is 63.6 Å². The summed E-state index contributed by atoms with van der Waals surface area (Å²) < 4.78 is 0. The Morgan fingerprint density at radius 2 is 1.85 bits per heavy atom. The largest absolute Gasteiger partial charge is 0.399 e. The van der Waals surface area contributed by atoms with Crippen molar-refractivity contribution in [1.82, 2.24) is 4.98 Å². The van der Waals surface area contributed by atoms with Gasteiger partial charge in [0.1, 0.15) is 7.11 Å². The maximum absolute atomic E-state index is 12.6. The maximum atomic E-state index is 12.6. The second-order valence-electron chi connectivity index (χ2n) is 5.68. The van der Waals surface area contributed by atoms with Crippen LogP contribution in [0.1, 0.15) is 21.6 Å². The Balaban J connectivity index is 1.88. The van der Waals surface area contributed by atoms with Crippen LogP contribution in [0.25, 0.3) is 11.1 Å². The van der Waals surface area contributed by atoms with E-state index >= 15 is 0 Å². The van der Waals surface area contributed by atoms with E-state index in [-0.39, 0.29) is 5.91 Å². The van der Waals surface area contributed by atoms with Crippen LogP contribution in [0, 0.1) is 6.92 Å². The number of oxime groups is 1. The molecule has 1 N–H and O–H groups in total. The van der Waals surface area contributed by atoms with Gasteiger partial charge in [-0.2, -0.15) is 0 Å². The first-order chi connectivity index (χ1) is 12.7. The molecule has 0 aliphatic rings. The lowest BCUT2D eigenvalue weighted by Crippen LogP contribution is -2.14. The van der Waals surface area contributed by atoms with Crippen molar-refractivity contribution >= 4 is 17.8 Å². The summed E-state index contributed by atoms with van der Waals surface area (Å²) in [6.07, 6.45) is 3.32. The van der Waals surface area contributed by atoms with Gasteiger partial charge in [0.2, 0.25) is 0 Å². The van der Waals surface area contributed by atoms with Crippen LogP contribution in [0.5, 0.6) is 0 Å². The number of hydrogen-bond acceptors (Lipinski definition) is 4. The van der Waals surface area contributed by atoms with Gasteiger partial charge in [0.15, 0.2) is 0 Å². The third-order valence-corrected chi connectivity index (χ3v) is 3.96. The molecule has 0 unspecified atom stereocenters. The van der Waals surface area contributed by atoms with Crippen molar-refractivity contribution in [3.8, 4) is 11.1 Å². The van der Waals surface area contributed by atoms with E-state index in [0.29, 0.717) is 11.3 Å². The summed E-state index contributed by atoms with van der Waals surface area (Å²) in [6.45, 7) is 1.82. The summed E-state index contributed by atoms with van der Waals surface area (Å²) >= 11 is 0. The highest BCUT2D eigenvalue weighted by molar-refractivity contribution is 6.06. The zero-order valence-corrected chi connectivity index (χ0v) is 14.6. The summed E-state index contributed by atoms with van der Waals surface area (Å²) in [5, 5.41) is 6.75. The molecule has 2 aromatic carbocycles. The van der Waals surface area contributed by atoms with Crippen molar-refractivity contribution < 1.29 is 9.63 Å². The molecule has 0 fully saturated rings. The third kappa shape index (κ3) is 3.95. The Morgan fingerprint density at radius 3 is 2.58 bits per heavy atom. The Morgan fingerprint density at radius 1 is 1.08 bits per heavy atom. The van der Waals surface area contributed by atoms with Crippen molar-refractivity contribution in [2.45, 2.75) is 6.92 Å². The fourth-order valence-corrected chi connectivity index (χ4v) is 2.62. The molecule has 1 aromatic heterocycles. The Bertz CT molecular complexity index is 934. The summed E-state index contributed by atoms with van der Waals surface area (Å²) in [4.78, 5) is 21.5. The van der Waals surface area contributed by atoms with Gasteiger partial charge < -0.3 is 10.2 Å². The summed E-state index contributed by atoms with van der Waals surface area (Å²) in [6, 6.07) is 19.1. The van der Waals surface area contributed by atoms with Crippen LogP contribution in [0.15, 0.2) is 72.0 Å². The zero-order valence-electron chi connectivity index (χ0n) is 14.6. The molecule has 0 saturated heterocycles. The standard InChI is InChI=1S/C21H19N3O2/c1-15-18(7-5-13-22-15)21(25)24-20-8-4-3-6-19(20)17-11-9-16(10-12-17)14-23-26-2/h3-14H,1-2H3,(H,24,25)/b23-14+. The summed E-state index contributed by atoms with van der Waals surface area (Å²) in [5.41, 5.74) is 4.89. The quantitative estimate of drug-likeness (QED) is 0.554. The lowest BCUT2D eigenvalue weighted by Gasteiger charge is -2.12. The molecule has 0 atom stereocenters. The highest BCUT2D eigenvalue weighted by Gasteiger charge is 2.12. The molecule has 0 spiro atoms. The van der Waals surface area contributed by atoms with Gasteiger partial charge in [-0.3, -0.25) is 9.78 Å². The number of para-hydroxylation sites is 1. The normalized spacial score (nSPS) is 10.7. The molecular weight excluding hydrogens is 326 g/mol. The molecule has 26 heavy (non-hydrogen) atoms. The minimum atomic E-state index is -0.174. The first-order valence-corrected chi connectivity index (χ1v) is 8.18. The molecule has 0 radical (unpaired) electrons. The number of hydrogen-bond donors (Lipinski definition) is 1. The molecule has 0 saturated carbocycles. The number of carbonyl (C=O) groups is 1. The van der Waals surface area contributed by atoms with Gasteiger partial charge >= 0.3 is 0 Å². The number of rotatable bonds is 5. The predicted octanol–water partition coefficient (Wildman–Crippen LogP) is 4.29. The Hall–Kier alpha value is -3.47. The number of nitrogens with one attached hydrogen (secondary N) is 1. The van der Waals surface area contributed by atoms with Crippen LogP contribution in [0.3, 0.4) is 0 Å². The molecule has 130 valence electrons. The average molecular weight is 345 g/mol. The van der Waals surface area contributed by atoms with Crippen molar-refractivity contribution in [1.29, 1.82) is 0 Å². The number of anilines is 1. The van der Waals surface area contributed by atoms with Gasteiger partial charge in [0, 0.05) is 23.1 Å². The predicted molar refractivity (Wildman–Crippen MR) is 103 cm³/mol. The van der Waals surface area contributed by atoms with E-state index in [1.807, 2.05) is 55.5 Å². The van der Waals surface area contributed by atoms with Gasteiger partial charge in [-0.25, -0.2) is 0 Å². The van der Waals surface area contributed by atoms with Crippen LogP contribution in [-0.4, -0.2) is 24.2 Å². The minimum Gasteiger partial charge on any atom is -0.399 e. The lowest BCUT2D eigenvalue weighted by molar-refractivity contribution is 0.102. The van der Waals surface area contributed by atoms with Gasteiger partial charge in [0.05, 0.1) is 11.8 Å². The first-order valence-electron chi connectivity index (χ1n) is 8.18. The van der Waals surface area contributed by atoms with E-state index in [0.717, 1.165) is 22.4 Å². The fourth-order valence-electron chi connectivity index (χ4n) is 2.62. The van der Waals surface area contributed by atoms with Gasteiger partial charge in [-0.1, -0.05) is 47.6 Å². The molecule has 5 nitrogen and oxygen atoms in total. The molecule has 0 aliphatic heterocycles. The van der Waals surface area contributed by atoms with E-state index in [9.17, 15) is 4.79 Å². The monoisotopic (exact) mass is 345 g/mol. The molecule has 3 aromatic rings. The van der Waals surface area contributed by atoms with Crippen molar-refractivity contribution in [2.75, 3.05) is 12.4 Å². The number of carbonyl (C=O) groups excluding carboxylic acids is 1. The molecule has 0 aliphatic carbocycles. The van der Waals surface area contributed by atoms with E-state index < -0.39 is 0 Å². The van der Waals surface area contributed by atoms with Crippen LogP contribution in [0.2, 0.25) is 0 Å². The molecule has 3 rings (SSSR count). The average Bonchev–Trinajstić information content (AvgIpc) is 2.67. The number of nitrogens with zero attached hydrogens (tertiary/aromatic N) is 2. The number of amides is 1. The van der Waals surface area contributed by atoms with E-state index in [4.69, 9.17) is 4.84 Å². The molecule has 0 bridgehead atoms. The molecule has 1 heterocycles. The summed E-state index contributed by atoms with van der Waals surface area (Å²) in [5.74, 6) is -0.174. The van der Waals surface area contributed by atoms with Crippen molar-refractivity contribution in [2.24, 2.45) is 5.16 Å². The zero-order chi connectivity index (χ0) is 18.4. The molecule has 1 amide bonds. The number of aryl methyl sites for hydroxylation is 1. The number of benzene rings is 2. The second kappa shape index (κ2) is 8.07. The van der Waals surface area contributed by atoms with E-state index in [1.54, 1.807) is 24.5 Å². The van der Waals surface area contributed by atoms with Crippen LogP contribution in [-0.2, 0) is 4.84 Å². The smallest absolute Gasteiger partial charge is 0.257 e. The van der Waals surface area contributed by atoms with E-state index in [1.165, 1.54) is 7.11 Å². The lowest BCUT2D eigenvalue weighted by atomic mass is 10.0. The van der Waals surface area contributed by atoms with Crippen LogP contribution >= 0.6 is 0 Å². The first kappa shape index (κ1) is 17.4. The Kier molecular flexibility index (Phi) is 5.39. The Labute approximate surface area is 152 Å². The summed E-state index contributed by atoms with van der Waals surface area (Å²) in [7, 11) is 1.51. The third-order valence-electron chi connectivity index (χ3n) is 3.96. The van der Waals surface area contributed by atoms with E-state index in [2.05, 4.69) is 15.5 Å². The number of pyridine rings is 1. The molecule has 5 heteroatoms. The number of aromatic nitrogens is 1. The van der Waals surface area contributed by atoms with Crippen LogP contribution < -0.4 is 5.32 Å². The van der Waals surface area contributed by atoms with Crippen molar-refractivity contribution in [3.05, 3.63) is 83.7 Å². The maximum Gasteiger partial charge on any atom is 0.257 e. The highest BCUT2D eigenvalue weighted by Crippen LogP contribution is 2.28. The minimum absolute atomic E-state index is 0.174. The van der Waals surface area contributed by atoms with Crippen LogP contribution in [0.4, 0.5) is 5.69 Å². The SMILES string of the molecule is CO/N=C/c1ccc(-c2ccccc2NC(=O)c2cccnc2C)cc1. The van der Waals surface area contributed by atoms with Crippen molar-refractivity contribution in [3.63, 3.8) is 0 Å². The van der Waals surface area contributed by atoms with Gasteiger partial charge in [-0.15, -0.1) is 0 Å². The fraction of sp³-hybridized carbons (Fsp3) is 0.0952. The van der Waals surface area contributed by atoms with Gasteiger partial charge in [0.25, 0.3) is 5.91 Å². The second-order valence-corrected chi connectivity index (χ2v) is 5.68.